The minimum atomic E-state index is -3.40. The molecule has 2 atom stereocenters. The van der Waals surface area contributed by atoms with E-state index in [2.05, 4.69) is 108 Å². The number of hydrogen-bond acceptors (Lipinski definition) is 3. The van der Waals surface area contributed by atoms with E-state index in [4.69, 9.17) is 0 Å². The van der Waals surface area contributed by atoms with E-state index in [-0.39, 0.29) is 0 Å². The topological polar surface area (TPSA) is 40.6 Å². The molecular formula is C41H36N2O2P2. The number of fused-ring (bicyclic) bond motifs is 4. The Balaban J connectivity index is 1.49. The lowest BCUT2D eigenvalue weighted by atomic mass is 10.0. The van der Waals surface area contributed by atoms with Crippen LogP contribution in [0.2, 0.25) is 0 Å². The van der Waals surface area contributed by atoms with Crippen LogP contribution in [-0.4, -0.2) is 24.4 Å². The van der Waals surface area contributed by atoms with Crippen molar-refractivity contribution < 1.29 is 9.13 Å². The molecule has 6 aromatic carbocycles. The summed E-state index contributed by atoms with van der Waals surface area (Å²) in [5.41, 5.74) is 8.73. The Kier molecular flexibility index (Phi) is 7.23. The largest absolute Gasteiger partial charge is 0.314 e. The van der Waals surface area contributed by atoms with E-state index in [0.717, 1.165) is 71.7 Å². The Morgan fingerprint density at radius 3 is 1.43 bits per heavy atom. The van der Waals surface area contributed by atoms with Gasteiger partial charge in [0, 0.05) is 23.7 Å². The summed E-state index contributed by atoms with van der Waals surface area (Å²) in [6.07, 6.45) is 0. The molecule has 0 spiro atoms. The second-order valence-electron chi connectivity index (χ2n) is 12.3. The average molecular weight is 651 g/mol. The molecule has 6 heteroatoms. The number of benzene rings is 6. The van der Waals surface area contributed by atoms with Crippen molar-refractivity contribution >= 4 is 52.7 Å². The summed E-state index contributed by atoms with van der Waals surface area (Å²) in [5, 5.41) is 3.16. The Morgan fingerprint density at radius 1 is 0.489 bits per heavy atom. The smallest absolute Gasteiger partial charge is 0.211 e. The highest BCUT2D eigenvalue weighted by molar-refractivity contribution is 7.80. The van der Waals surface area contributed by atoms with Gasteiger partial charge in [0.15, 0.2) is 0 Å². The fraction of sp³-hybridized carbons (Fsp3) is 0.122. The lowest BCUT2D eigenvalue weighted by molar-refractivity contribution is 0.458. The van der Waals surface area contributed by atoms with Crippen LogP contribution in [0.15, 0.2) is 140 Å². The lowest BCUT2D eigenvalue weighted by Gasteiger charge is -2.46. The molecule has 0 aliphatic carbocycles. The van der Waals surface area contributed by atoms with Crippen LogP contribution in [-0.2, 0) is 9.13 Å². The minimum absolute atomic E-state index is 0.619. The molecule has 0 bridgehead atoms. The van der Waals surface area contributed by atoms with Crippen molar-refractivity contribution in [3.63, 3.8) is 0 Å². The number of rotatable bonds is 6. The zero-order chi connectivity index (χ0) is 32.3. The van der Waals surface area contributed by atoms with Crippen molar-refractivity contribution in [2.24, 2.45) is 0 Å². The highest BCUT2D eigenvalue weighted by atomic mass is 31.2. The number of anilines is 3. The quantitative estimate of drug-likeness (QED) is 0.169. The molecule has 2 unspecified atom stereocenters. The minimum Gasteiger partial charge on any atom is -0.314 e. The SMILES string of the molecule is CCN(CC)P1(=O)c2cc(-c3ccccc3)ccc2N2c3ccc(-c4ccccc4)cc3P(C)(=O)c3cc(-c4ccccc4)cc1c32. The first-order chi connectivity index (χ1) is 22.9. The molecule has 47 heavy (non-hydrogen) atoms. The van der Waals surface area contributed by atoms with Gasteiger partial charge in [-0.15, -0.1) is 0 Å². The molecule has 6 aromatic rings. The van der Waals surface area contributed by atoms with Gasteiger partial charge >= 0.3 is 0 Å². The van der Waals surface area contributed by atoms with Gasteiger partial charge in [-0.3, -0.25) is 4.57 Å². The summed E-state index contributed by atoms with van der Waals surface area (Å²) >= 11 is 0. The Labute approximate surface area is 277 Å². The molecule has 2 heterocycles. The van der Waals surface area contributed by atoms with Crippen LogP contribution in [0.1, 0.15) is 13.8 Å². The first kappa shape index (κ1) is 29.9. The number of nitrogens with zero attached hydrogens (tertiary/aromatic N) is 2. The van der Waals surface area contributed by atoms with E-state index in [1.807, 2.05) is 61.3 Å². The molecule has 8 rings (SSSR count). The van der Waals surface area contributed by atoms with Crippen LogP contribution >= 0.6 is 14.4 Å². The second kappa shape index (κ2) is 11.4. The maximum Gasteiger partial charge on any atom is 0.211 e. The average Bonchev–Trinajstić information content (AvgIpc) is 3.12. The third kappa shape index (κ3) is 4.54. The second-order valence-corrected chi connectivity index (χ2v) is 17.8. The van der Waals surface area contributed by atoms with E-state index in [9.17, 15) is 0 Å². The van der Waals surface area contributed by atoms with Gasteiger partial charge in [0.05, 0.1) is 27.7 Å². The van der Waals surface area contributed by atoms with Crippen molar-refractivity contribution in [3.05, 3.63) is 140 Å². The van der Waals surface area contributed by atoms with E-state index >= 15 is 9.13 Å². The van der Waals surface area contributed by atoms with E-state index < -0.39 is 14.4 Å². The summed E-state index contributed by atoms with van der Waals surface area (Å²) in [7, 11) is -6.56. The van der Waals surface area contributed by atoms with Gasteiger partial charge in [0.2, 0.25) is 7.29 Å². The molecule has 2 aliphatic heterocycles. The molecular weight excluding hydrogens is 614 g/mol. The maximum atomic E-state index is 16.2. The maximum absolute atomic E-state index is 16.2. The Hall–Kier alpha value is -4.46. The normalized spacial score (nSPS) is 19.2. The van der Waals surface area contributed by atoms with Gasteiger partial charge in [-0.05, 0) is 76.4 Å². The first-order valence-electron chi connectivity index (χ1n) is 16.2. The monoisotopic (exact) mass is 650 g/mol. The van der Waals surface area contributed by atoms with Crippen LogP contribution < -0.4 is 26.1 Å². The van der Waals surface area contributed by atoms with Gasteiger partial charge in [-0.25, -0.2) is 4.67 Å². The summed E-state index contributed by atoms with van der Waals surface area (Å²) in [4.78, 5) is 2.24. The molecule has 0 radical (unpaired) electrons. The molecule has 2 aliphatic rings. The predicted molar refractivity (Wildman–Crippen MR) is 200 cm³/mol. The first-order valence-corrected chi connectivity index (χ1v) is 20.1. The van der Waals surface area contributed by atoms with Crippen LogP contribution in [0.3, 0.4) is 0 Å². The van der Waals surface area contributed by atoms with Crippen LogP contribution in [0.5, 0.6) is 0 Å². The van der Waals surface area contributed by atoms with Crippen LogP contribution in [0, 0.1) is 0 Å². The van der Waals surface area contributed by atoms with Gasteiger partial charge in [-0.1, -0.05) is 117 Å². The van der Waals surface area contributed by atoms with E-state index in [1.165, 1.54) is 0 Å². The Morgan fingerprint density at radius 2 is 0.915 bits per heavy atom. The van der Waals surface area contributed by atoms with Crippen molar-refractivity contribution in [1.29, 1.82) is 0 Å². The summed E-state index contributed by atoms with van der Waals surface area (Å²) in [6, 6.07) is 47.7. The highest BCUT2D eigenvalue weighted by Crippen LogP contribution is 2.62. The molecule has 232 valence electrons. The summed E-state index contributed by atoms with van der Waals surface area (Å²) in [6.45, 7) is 7.28. The number of hydrogen-bond donors (Lipinski definition) is 0. The molecule has 0 saturated carbocycles. The van der Waals surface area contributed by atoms with Gasteiger partial charge in [0.25, 0.3) is 0 Å². The predicted octanol–water partition coefficient (Wildman–Crippen LogP) is 9.30. The van der Waals surface area contributed by atoms with Crippen molar-refractivity contribution in [2.45, 2.75) is 13.8 Å². The zero-order valence-electron chi connectivity index (χ0n) is 26.8. The molecule has 0 N–H and O–H groups in total. The third-order valence-electron chi connectivity index (χ3n) is 9.75. The zero-order valence-corrected chi connectivity index (χ0v) is 28.6. The van der Waals surface area contributed by atoms with Crippen molar-refractivity contribution in [2.75, 3.05) is 24.7 Å². The standard InChI is InChI=1S/C41H36N2O2P2/c1-4-42(5-2)47(45)38-26-33(30-17-11-7-12-18-30)22-24-36(38)43-35-23-21-32(29-15-9-6-10-16-29)25-37(35)46(3,44)39-27-34(28-40(47)41(39)43)31-19-13-8-14-20-31/h6-28H,4-5H2,1-3H3. The van der Waals surface area contributed by atoms with Gasteiger partial charge in [0.1, 0.15) is 7.14 Å². The molecule has 0 amide bonds. The molecule has 4 nitrogen and oxygen atoms in total. The fourth-order valence-electron chi connectivity index (χ4n) is 7.37. The fourth-order valence-corrected chi connectivity index (χ4v) is 13.0. The molecule has 0 saturated heterocycles. The van der Waals surface area contributed by atoms with E-state index in [1.54, 1.807) is 0 Å². The van der Waals surface area contributed by atoms with Crippen LogP contribution in [0.25, 0.3) is 33.4 Å². The molecule has 0 fully saturated rings. The highest BCUT2D eigenvalue weighted by Gasteiger charge is 2.49. The summed E-state index contributed by atoms with van der Waals surface area (Å²) in [5.74, 6) is 0. The van der Waals surface area contributed by atoms with Gasteiger partial charge < -0.3 is 9.46 Å². The summed E-state index contributed by atoms with van der Waals surface area (Å²) < 4.78 is 33.8. The van der Waals surface area contributed by atoms with E-state index in [0.29, 0.717) is 13.1 Å². The van der Waals surface area contributed by atoms with Gasteiger partial charge in [-0.2, -0.15) is 0 Å². The van der Waals surface area contributed by atoms with Crippen molar-refractivity contribution in [1.82, 2.24) is 4.67 Å². The van der Waals surface area contributed by atoms with Crippen molar-refractivity contribution in [3.8, 4) is 33.4 Å². The third-order valence-corrected chi connectivity index (χ3v) is 15.7. The molecule has 0 aromatic heterocycles. The lowest BCUT2D eigenvalue weighted by Crippen LogP contribution is -2.46. The Bertz CT molecular complexity index is 2250. The van der Waals surface area contributed by atoms with Crippen LogP contribution in [0.4, 0.5) is 17.1 Å².